The number of thiazole rings is 1. The molecule has 1 aromatic carbocycles. The van der Waals surface area contributed by atoms with E-state index in [1.807, 2.05) is 12.1 Å². The van der Waals surface area contributed by atoms with Gasteiger partial charge >= 0.3 is 0 Å². The molecule has 2 nitrogen and oxygen atoms in total. The summed E-state index contributed by atoms with van der Waals surface area (Å²) in [5.41, 5.74) is 0.928. The number of rotatable bonds is 2. The predicted octanol–water partition coefficient (Wildman–Crippen LogP) is 4.69. The van der Waals surface area contributed by atoms with Gasteiger partial charge in [0.05, 0.1) is 9.72 Å². The lowest BCUT2D eigenvalue weighted by atomic mass is 9.96. The Morgan fingerprint density at radius 2 is 2.06 bits per heavy atom. The van der Waals surface area contributed by atoms with Gasteiger partial charge in [-0.1, -0.05) is 48.3 Å². The molecule has 1 saturated carbocycles. The molecular weight excluding hydrogens is 252 g/mol. The minimum absolute atomic E-state index is 0.600. The van der Waals surface area contributed by atoms with E-state index in [1.54, 1.807) is 11.3 Å². The Morgan fingerprint density at radius 3 is 2.82 bits per heavy atom. The van der Waals surface area contributed by atoms with Crippen molar-refractivity contribution in [3.8, 4) is 0 Å². The number of aromatic nitrogens is 1. The summed E-state index contributed by atoms with van der Waals surface area (Å²) in [5.74, 6) is 0. The number of hydrogen-bond acceptors (Lipinski definition) is 3. The van der Waals surface area contributed by atoms with Crippen LogP contribution >= 0.6 is 22.9 Å². The van der Waals surface area contributed by atoms with Crippen LogP contribution in [-0.2, 0) is 0 Å². The second-order valence-corrected chi connectivity index (χ2v) is 6.02. The minimum atomic E-state index is 0.600. The van der Waals surface area contributed by atoms with Gasteiger partial charge in [0.25, 0.3) is 0 Å². The van der Waals surface area contributed by atoms with Crippen molar-refractivity contribution in [2.24, 2.45) is 0 Å². The van der Waals surface area contributed by atoms with Crippen LogP contribution in [0.15, 0.2) is 18.2 Å². The zero-order chi connectivity index (χ0) is 11.7. The van der Waals surface area contributed by atoms with Crippen LogP contribution in [0.25, 0.3) is 10.2 Å². The van der Waals surface area contributed by atoms with Crippen LogP contribution in [0, 0.1) is 0 Å². The van der Waals surface area contributed by atoms with Crippen molar-refractivity contribution in [1.29, 1.82) is 0 Å². The fourth-order valence-electron chi connectivity index (χ4n) is 2.40. The molecule has 1 heterocycles. The normalized spacial score (nSPS) is 17.5. The Hall–Kier alpha value is -0.800. The van der Waals surface area contributed by atoms with Crippen LogP contribution in [0.4, 0.5) is 5.13 Å². The number of halogens is 1. The van der Waals surface area contributed by atoms with Gasteiger partial charge < -0.3 is 5.32 Å². The van der Waals surface area contributed by atoms with Gasteiger partial charge in [0.2, 0.25) is 0 Å². The van der Waals surface area contributed by atoms with Crippen molar-refractivity contribution in [1.82, 2.24) is 4.98 Å². The summed E-state index contributed by atoms with van der Waals surface area (Å²) in [5, 5.41) is 5.31. The van der Waals surface area contributed by atoms with E-state index in [2.05, 4.69) is 16.4 Å². The van der Waals surface area contributed by atoms with Crippen molar-refractivity contribution >= 4 is 38.3 Å². The zero-order valence-electron chi connectivity index (χ0n) is 9.58. The highest BCUT2D eigenvalue weighted by molar-refractivity contribution is 7.22. The highest BCUT2D eigenvalue weighted by atomic mass is 35.5. The van der Waals surface area contributed by atoms with Gasteiger partial charge in [-0.2, -0.15) is 0 Å². The van der Waals surface area contributed by atoms with E-state index in [4.69, 9.17) is 11.6 Å². The summed E-state index contributed by atoms with van der Waals surface area (Å²) in [4.78, 5) is 4.58. The Kier molecular flexibility index (Phi) is 3.21. The number of nitrogens with one attached hydrogen (secondary N) is 1. The number of fused-ring (bicyclic) bond motifs is 1. The van der Waals surface area contributed by atoms with E-state index in [9.17, 15) is 0 Å². The van der Waals surface area contributed by atoms with Crippen LogP contribution in [0.3, 0.4) is 0 Å². The van der Waals surface area contributed by atoms with E-state index in [1.165, 1.54) is 32.1 Å². The smallest absolute Gasteiger partial charge is 0.184 e. The van der Waals surface area contributed by atoms with E-state index in [-0.39, 0.29) is 0 Å². The summed E-state index contributed by atoms with van der Waals surface area (Å²) in [7, 11) is 0. The molecule has 2 aromatic rings. The standard InChI is InChI=1S/C13H15ClN2S/c14-10-7-4-8-11-12(10)16-13(17-11)15-9-5-2-1-3-6-9/h4,7-9H,1-3,5-6H2,(H,15,16). The van der Waals surface area contributed by atoms with Crippen LogP contribution in [-0.4, -0.2) is 11.0 Å². The topological polar surface area (TPSA) is 24.9 Å². The molecule has 3 rings (SSSR count). The Morgan fingerprint density at radius 1 is 1.24 bits per heavy atom. The van der Waals surface area contributed by atoms with Crippen molar-refractivity contribution in [2.75, 3.05) is 5.32 Å². The van der Waals surface area contributed by atoms with E-state index < -0.39 is 0 Å². The Bertz CT molecular complexity index is 517. The number of para-hydroxylation sites is 1. The fraction of sp³-hybridized carbons (Fsp3) is 0.462. The number of nitrogens with zero attached hydrogens (tertiary/aromatic N) is 1. The van der Waals surface area contributed by atoms with Crippen LogP contribution in [0.5, 0.6) is 0 Å². The van der Waals surface area contributed by atoms with Crippen LogP contribution < -0.4 is 5.32 Å². The summed E-state index contributed by atoms with van der Waals surface area (Å²) in [6, 6.07) is 6.55. The first-order valence-electron chi connectivity index (χ1n) is 6.14. The highest BCUT2D eigenvalue weighted by Crippen LogP contribution is 2.32. The first-order valence-corrected chi connectivity index (χ1v) is 7.34. The van der Waals surface area contributed by atoms with Gasteiger partial charge in [0.1, 0.15) is 5.52 Å². The van der Waals surface area contributed by atoms with Crippen molar-refractivity contribution < 1.29 is 0 Å². The monoisotopic (exact) mass is 266 g/mol. The molecule has 1 aromatic heterocycles. The molecule has 17 heavy (non-hydrogen) atoms. The summed E-state index contributed by atoms with van der Waals surface area (Å²) in [6.07, 6.45) is 6.59. The second-order valence-electron chi connectivity index (χ2n) is 4.58. The van der Waals surface area contributed by atoms with Crippen LogP contribution in [0.2, 0.25) is 5.02 Å². The quantitative estimate of drug-likeness (QED) is 0.853. The fourth-order valence-corrected chi connectivity index (χ4v) is 3.64. The molecule has 0 spiro atoms. The minimum Gasteiger partial charge on any atom is -0.359 e. The molecule has 1 N–H and O–H groups in total. The molecule has 0 radical (unpaired) electrons. The third kappa shape index (κ3) is 2.40. The predicted molar refractivity (Wildman–Crippen MR) is 75.1 cm³/mol. The van der Waals surface area contributed by atoms with Gasteiger partial charge in [-0.05, 0) is 25.0 Å². The number of hydrogen-bond donors (Lipinski definition) is 1. The van der Waals surface area contributed by atoms with E-state index in [0.717, 1.165) is 20.4 Å². The van der Waals surface area contributed by atoms with E-state index >= 15 is 0 Å². The molecule has 4 heteroatoms. The Balaban J connectivity index is 1.83. The van der Waals surface area contributed by atoms with Crippen molar-refractivity contribution in [2.45, 2.75) is 38.1 Å². The Labute approximate surface area is 110 Å². The lowest BCUT2D eigenvalue weighted by Gasteiger charge is -2.22. The largest absolute Gasteiger partial charge is 0.359 e. The molecule has 0 saturated heterocycles. The van der Waals surface area contributed by atoms with Crippen molar-refractivity contribution in [3.05, 3.63) is 23.2 Å². The number of benzene rings is 1. The third-order valence-electron chi connectivity index (χ3n) is 3.30. The average Bonchev–Trinajstić information content (AvgIpc) is 2.74. The maximum Gasteiger partial charge on any atom is 0.184 e. The average molecular weight is 267 g/mol. The molecule has 0 aliphatic heterocycles. The molecule has 1 aliphatic rings. The van der Waals surface area contributed by atoms with Gasteiger partial charge in [-0.25, -0.2) is 4.98 Å². The maximum absolute atomic E-state index is 6.13. The lowest BCUT2D eigenvalue weighted by Crippen LogP contribution is -2.21. The molecule has 0 bridgehead atoms. The lowest BCUT2D eigenvalue weighted by molar-refractivity contribution is 0.462. The third-order valence-corrected chi connectivity index (χ3v) is 4.56. The molecule has 0 amide bonds. The number of anilines is 1. The molecule has 0 atom stereocenters. The van der Waals surface area contributed by atoms with E-state index in [0.29, 0.717) is 6.04 Å². The molecular formula is C13H15ClN2S. The van der Waals surface area contributed by atoms with Crippen LogP contribution in [0.1, 0.15) is 32.1 Å². The summed E-state index contributed by atoms with van der Waals surface area (Å²) in [6.45, 7) is 0. The molecule has 1 aliphatic carbocycles. The SMILES string of the molecule is Clc1cccc2sc(NC3CCCCC3)nc12. The van der Waals surface area contributed by atoms with Gasteiger partial charge in [0.15, 0.2) is 5.13 Å². The first-order chi connectivity index (χ1) is 8.33. The highest BCUT2D eigenvalue weighted by Gasteiger charge is 2.15. The van der Waals surface area contributed by atoms with Gasteiger partial charge in [0, 0.05) is 6.04 Å². The van der Waals surface area contributed by atoms with Gasteiger partial charge in [-0.3, -0.25) is 0 Å². The zero-order valence-corrected chi connectivity index (χ0v) is 11.2. The van der Waals surface area contributed by atoms with Crippen molar-refractivity contribution in [3.63, 3.8) is 0 Å². The first kappa shape index (κ1) is 11.3. The summed E-state index contributed by atoms with van der Waals surface area (Å²) >= 11 is 7.83. The molecule has 0 unspecified atom stereocenters. The second kappa shape index (κ2) is 4.83. The maximum atomic E-state index is 6.13. The molecule has 90 valence electrons. The van der Waals surface area contributed by atoms with Gasteiger partial charge in [-0.15, -0.1) is 0 Å². The molecule has 1 fully saturated rings. The summed E-state index contributed by atoms with van der Waals surface area (Å²) < 4.78 is 1.16.